The second kappa shape index (κ2) is 8.09. The van der Waals surface area contributed by atoms with Crippen molar-refractivity contribution in [2.45, 2.75) is 19.4 Å². The van der Waals surface area contributed by atoms with Crippen LogP contribution in [-0.4, -0.2) is 47.8 Å². The molecule has 0 saturated heterocycles. The minimum Gasteiger partial charge on any atom is -0.491 e. The average molecular weight is 282 g/mol. The van der Waals surface area contributed by atoms with Gasteiger partial charge in [-0.05, 0) is 32.1 Å². The zero-order chi connectivity index (χ0) is 14.3. The highest BCUT2D eigenvalue weighted by Crippen LogP contribution is 2.13. The van der Waals surface area contributed by atoms with E-state index in [-0.39, 0.29) is 6.61 Å². The fourth-order valence-electron chi connectivity index (χ4n) is 1.82. The van der Waals surface area contributed by atoms with Crippen LogP contribution in [0, 0.1) is 0 Å². The van der Waals surface area contributed by atoms with Gasteiger partial charge in [-0.2, -0.15) is 0 Å². The van der Waals surface area contributed by atoms with Gasteiger partial charge in [0, 0.05) is 12.1 Å². The zero-order valence-corrected chi connectivity index (χ0v) is 12.3. The molecular formula is C14H22N2O2S. The Morgan fingerprint density at radius 3 is 2.89 bits per heavy atom. The average Bonchev–Trinajstić information content (AvgIpc) is 2.37. The van der Waals surface area contributed by atoms with Gasteiger partial charge in [0.15, 0.2) is 0 Å². The first-order chi connectivity index (χ1) is 9.02. The van der Waals surface area contributed by atoms with Gasteiger partial charge < -0.3 is 20.5 Å². The number of hydrogen-bond acceptors (Lipinski definition) is 4. The summed E-state index contributed by atoms with van der Waals surface area (Å²) >= 11 is 4.91. The Bertz CT molecular complexity index is 412. The molecule has 0 fully saturated rings. The molecule has 1 aromatic carbocycles. The van der Waals surface area contributed by atoms with Gasteiger partial charge in [0.05, 0.1) is 0 Å². The largest absolute Gasteiger partial charge is 0.491 e. The third kappa shape index (κ3) is 6.00. The van der Waals surface area contributed by atoms with Gasteiger partial charge in [0.2, 0.25) is 0 Å². The van der Waals surface area contributed by atoms with Crippen molar-refractivity contribution in [1.82, 2.24) is 4.90 Å². The van der Waals surface area contributed by atoms with Gasteiger partial charge in [-0.3, -0.25) is 0 Å². The lowest BCUT2D eigenvalue weighted by Gasteiger charge is -2.20. The molecule has 106 valence electrons. The summed E-state index contributed by atoms with van der Waals surface area (Å²) in [4.78, 5) is 2.42. The highest BCUT2D eigenvalue weighted by atomic mass is 32.1. The monoisotopic (exact) mass is 282 g/mol. The molecule has 0 aromatic heterocycles. The van der Waals surface area contributed by atoms with Crippen LogP contribution in [0.25, 0.3) is 0 Å². The fraction of sp³-hybridized carbons (Fsp3) is 0.500. The molecule has 0 amide bonds. The highest BCUT2D eigenvalue weighted by Gasteiger charge is 2.09. The van der Waals surface area contributed by atoms with Crippen molar-refractivity contribution in [3.63, 3.8) is 0 Å². The van der Waals surface area contributed by atoms with E-state index in [0.29, 0.717) is 17.3 Å². The molecule has 19 heavy (non-hydrogen) atoms. The van der Waals surface area contributed by atoms with Gasteiger partial charge in [0.25, 0.3) is 0 Å². The maximum absolute atomic E-state index is 9.87. The van der Waals surface area contributed by atoms with Crippen LogP contribution in [0.1, 0.15) is 18.9 Å². The van der Waals surface area contributed by atoms with E-state index in [1.807, 2.05) is 25.2 Å². The van der Waals surface area contributed by atoms with Crippen molar-refractivity contribution in [2.75, 3.05) is 26.7 Å². The lowest BCUT2D eigenvalue weighted by atomic mass is 10.2. The van der Waals surface area contributed by atoms with Crippen molar-refractivity contribution in [3.05, 3.63) is 29.8 Å². The number of aliphatic hydroxyl groups is 1. The first-order valence-corrected chi connectivity index (χ1v) is 6.83. The Labute approximate surface area is 120 Å². The van der Waals surface area contributed by atoms with Crippen LogP contribution >= 0.6 is 12.2 Å². The number of nitrogens with zero attached hydrogens (tertiary/aromatic N) is 1. The molecule has 1 rings (SSSR count). The maximum Gasteiger partial charge on any atom is 0.120 e. The van der Waals surface area contributed by atoms with Crippen molar-refractivity contribution in [2.24, 2.45) is 5.73 Å². The van der Waals surface area contributed by atoms with Gasteiger partial charge in [-0.25, -0.2) is 0 Å². The maximum atomic E-state index is 9.87. The van der Waals surface area contributed by atoms with Crippen LogP contribution in [0.2, 0.25) is 0 Å². The smallest absolute Gasteiger partial charge is 0.120 e. The Morgan fingerprint density at radius 2 is 2.26 bits per heavy atom. The van der Waals surface area contributed by atoms with Gasteiger partial charge >= 0.3 is 0 Å². The second-order valence-electron chi connectivity index (χ2n) is 4.62. The number of hydrogen-bond donors (Lipinski definition) is 2. The number of nitrogens with two attached hydrogens (primary N) is 1. The summed E-state index contributed by atoms with van der Waals surface area (Å²) in [5, 5.41) is 9.87. The SMILES string of the molecule is CCCN(C)CC(O)COc1cccc(C(N)=S)c1. The van der Waals surface area contributed by atoms with Crippen LogP contribution in [-0.2, 0) is 0 Å². The molecule has 0 aliphatic heterocycles. The van der Waals surface area contributed by atoms with E-state index in [0.717, 1.165) is 18.5 Å². The molecule has 5 heteroatoms. The molecule has 0 heterocycles. The Kier molecular flexibility index (Phi) is 6.77. The standard InChI is InChI=1S/C14H22N2O2S/c1-3-7-16(2)9-12(17)10-18-13-6-4-5-11(8-13)14(15)19/h4-6,8,12,17H,3,7,9-10H2,1-2H3,(H2,15,19). The van der Waals surface area contributed by atoms with Crippen LogP contribution in [0.5, 0.6) is 5.75 Å². The minimum atomic E-state index is -0.509. The predicted octanol–water partition coefficient (Wildman–Crippen LogP) is 1.40. The summed E-state index contributed by atoms with van der Waals surface area (Å²) < 4.78 is 5.55. The van der Waals surface area contributed by atoms with Crippen molar-refractivity contribution in [1.29, 1.82) is 0 Å². The quantitative estimate of drug-likeness (QED) is 0.706. The number of aliphatic hydroxyl groups excluding tert-OH is 1. The molecule has 1 unspecified atom stereocenters. The van der Waals surface area contributed by atoms with Crippen molar-refractivity contribution >= 4 is 17.2 Å². The van der Waals surface area contributed by atoms with E-state index >= 15 is 0 Å². The number of benzene rings is 1. The topological polar surface area (TPSA) is 58.7 Å². The number of likely N-dealkylation sites (N-methyl/N-ethyl adjacent to an activating group) is 1. The van der Waals surface area contributed by atoms with E-state index in [1.165, 1.54) is 0 Å². The molecule has 0 spiro atoms. The van der Waals surface area contributed by atoms with E-state index in [4.69, 9.17) is 22.7 Å². The molecule has 0 bridgehead atoms. The van der Waals surface area contributed by atoms with Crippen molar-refractivity contribution < 1.29 is 9.84 Å². The summed E-state index contributed by atoms with van der Waals surface area (Å²) in [6.07, 6.45) is 0.560. The van der Waals surface area contributed by atoms with Crippen LogP contribution < -0.4 is 10.5 Å². The molecule has 0 saturated carbocycles. The third-order valence-corrected chi connectivity index (χ3v) is 2.92. The van der Waals surface area contributed by atoms with Crippen LogP contribution in [0.4, 0.5) is 0 Å². The molecule has 1 atom stereocenters. The lowest BCUT2D eigenvalue weighted by molar-refractivity contribution is 0.0764. The van der Waals surface area contributed by atoms with Gasteiger partial charge in [-0.1, -0.05) is 31.3 Å². The first-order valence-electron chi connectivity index (χ1n) is 6.42. The molecule has 0 radical (unpaired) electrons. The summed E-state index contributed by atoms with van der Waals surface area (Å²) in [7, 11) is 1.99. The predicted molar refractivity (Wildman–Crippen MR) is 81.6 cm³/mol. The zero-order valence-electron chi connectivity index (χ0n) is 11.5. The number of ether oxygens (including phenoxy) is 1. The Morgan fingerprint density at radius 1 is 1.53 bits per heavy atom. The van der Waals surface area contributed by atoms with Gasteiger partial charge in [0.1, 0.15) is 23.4 Å². The molecule has 1 aromatic rings. The van der Waals surface area contributed by atoms with E-state index in [9.17, 15) is 5.11 Å². The minimum absolute atomic E-state index is 0.259. The third-order valence-electron chi connectivity index (χ3n) is 2.69. The summed E-state index contributed by atoms with van der Waals surface area (Å²) in [6.45, 7) is 3.94. The molecule has 0 aliphatic carbocycles. The summed E-state index contributed by atoms with van der Waals surface area (Å²) in [5.41, 5.74) is 6.33. The Hall–Kier alpha value is -1.17. The Balaban J connectivity index is 2.43. The molecule has 3 N–H and O–H groups in total. The van der Waals surface area contributed by atoms with E-state index < -0.39 is 6.10 Å². The number of thiocarbonyl (C=S) groups is 1. The summed E-state index contributed by atoms with van der Waals surface area (Å²) in [5.74, 6) is 0.669. The molecule has 4 nitrogen and oxygen atoms in total. The van der Waals surface area contributed by atoms with E-state index in [2.05, 4.69) is 11.8 Å². The van der Waals surface area contributed by atoms with E-state index in [1.54, 1.807) is 6.07 Å². The molecule has 0 aliphatic rings. The fourth-order valence-corrected chi connectivity index (χ4v) is 1.94. The lowest BCUT2D eigenvalue weighted by Crippen LogP contribution is -2.33. The van der Waals surface area contributed by atoms with Crippen molar-refractivity contribution in [3.8, 4) is 5.75 Å². The first kappa shape index (κ1) is 15.9. The summed E-state index contributed by atoms with van der Waals surface area (Å²) in [6, 6.07) is 7.27. The number of rotatable bonds is 8. The molecular weight excluding hydrogens is 260 g/mol. The highest BCUT2D eigenvalue weighted by molar-refractivity contribution is 7.80. The van der Waals surface area contributed by atoms with Crippen LogP contribution in [0.15, 0.2) is 24.3 Å². The van der Waals surface area contributed by atoms with Gasteiger partial charge in [-0.15, -0.1) is 0 Å². The normalized spacial score (nSPS) is 12.4. The second-order valence-corrected chi connectivity index (χ2v) is 5.06. The van der Waals surface area contributed by atoms with Crippen LogP contribution in [0.3, 0.4) is 0 Å².